The summed E-state index contributed by atoms with van der Waals surface area (Å²) in [5.41, 5.74) is 1.23. The van der Waals surface area contributed by atoms with Crippen LogP contribution in [0.4, 0.5) is 0 Å². The molecule has 0 heterocycles. The molecule has 0 atom stereocenters. The topological polar surface area (TPSA) is 30.5 Å². The molecule has 1 aromatic rings. The summed E-state index contributed by atoms with van der Waals surface area (Å²) in [7, 11) is 0. The van der Waals surface area contributed by atoms with E-state index < -0.39 is 0 Å². The molecule has 0 amide bonds. The standard InChI is InChI=1S/C16H25Br2NO2/c1-4-20-16-14(17)9-13(10-15(16)18)11-19-7-5-6-8-21-12(2)3/h9-10,12,19H,4-8,11H2,1-3H3. The van der Waals surface area contributed by atoms with E-state index in [1.807, 2.05) is 6.92 Å². The Bertz CT molecular complexity index is 402. The number of benzene rings is 1. The van der Waals surface area contributed by atoms with Gasteiger partial charge in [-0.2, -0.15) is 0 Å². The molecular formula is C16H25Br2NO2. The number of rotatable bonds is 10. The molecule has 3 nitrogen and oxygen atoms in total. The third-order valence-corrected chi connectivity index (χ3v) is 4.05. The molecule has 0 aliphatic carbocycles. The van der Waals surface area contributed by atoms with Gasteiger partial charge < -0.3 is 14.8 Å². The van der Waals surface area contributed by atoms with Gasteiger partial charge in [0.25, 0.3) is 0 Å². The maximum absolute atomic E-state index is 5.58. The summed E-state index contributed by atoms with van der Waals surface area (Å²) in [5.74, 6) is 0.868. The van der Waals surface area contributed by atoms with Crippen molar-refractivity contribution in [2.45, 2.75) is 46.3 Å². The van der Waals surface area contributed by atoms with E-state index in [-0.39, 0.29) is 0 Å². The first-order valence-electron chi connectivity index (χ1n) is 7.47. The van der Waals surface area contributed by atoms with E-state index in [0.29, 0.717) is 12.7 Å². The van der Waals surface area contributed by atoms with Crippen LogP contribution in [-0.4, -0.2) is 25.9 Å². The lowest BCUT2D eigenvalue weighted by Crippen LogP contribution is -2.15. The predicted molar refractivity (Wildman–Crippen MR) is 95.0 cm³/mol. The fourth-order valence-corrected chi connectivity index (χ4v) is 3.41. The van der Waals surface area contributed by atoms with Crippen molar-refractivity contribution in [3.05, 3.63) is 26.6 Å². The summed E-state index contributed by atoms with van der Waals surface area (Å²) >= 11 is 7.11. The lowest BCUT2D eigenvalue weighted by molar-refractivity contribution is 0.0760. The Balaban J connectivity index is 2.29. The van der Waals surface area contributed by atoms with E-state index in [9.17, 15) is 0 Å². The number of unbranched alkanes of at least 4 members (excludes halogenated alkanes) is 1. The molecule has 0 saturated heterocycles. The second-order valence-corrected chi connectivity index (χ2v) is 6.83. The highest BCUT2D eigenvalue weighted by Crippen LogP contribution is 2.34. The summed E-state index contributed by atoms with van der Waals surface area (Å²) in [5, 5.41) is 3.46. The SMILES string of the molecule is CCOc1c(Br)cc(CNCCCCOC(C)C)cc1Br. The Hall–Kier alpha value is -0.100. The lowest BCUT2D eigenvalue weighted by atomic mass is 10.2. The van der Waals surface area contributed by atoms with Crippen LogP contribution in [0.2, 0.25) is 0 Å². The fraction of sp³-hybridized carbons (Fsp3) is 0.625. The molecule has 0 radical (unpaired) electrons. The molecule has 120 valence electrons. The molecule has 0 aliphatic rings. The largest absolute Gasteiger partial charge is 0.492 e. The first kappa shape index (κ1) is 18.9. The summed E-state index contributed by atoms with van der Waals surface area (Å²) < 4.78 is 13.1. The number of halogens is 2. The van der Waals surface area contributed by atoms with Gasteiger partial charge in [0.05, 0.1) is 21.7 Å². The fourth-order valence-electron chi connectivity index (χ4n) is 1.90. The molecular weight excluding hydrogens is 398 g/mol. The Labute approximate surface area is 145 Å². The van der Waals surface area contributed by atoms with Gasteiger partial charge in [-0.25, -0.2) is 0 Å². The Morgan fingerprint density at radius 1 is 1.14 bits per heavy atom. The second-order valence-electron chi connectivity index (χ2n) is 5.13. The van der Waals surface area contributed by atoms with Gasteiger partial charge in [0, 0.05) is 13.2 Å². The highest BCUT2D eigenvalue weighted by atomic mass is 79.9. The lowest BCUT2D eigenvalue weighted by Gasteiger charge is -2.12. The summed E-state index contributed by atoms with van der Waals surface area (Å²) in [4.78, 5) is 0. The number of nitrogens with one attached hydrogen (secondary N) is 1. The predicted octanol–water partition coefficient (Wildman–Crippen LogP) is 4.91. The molecule has 0 aromatic heterocycles. The van der Waals surface area contributed by atoms with Gasteiger partial charge in [-0.05, 0) is 89.7 Å². The zero-order chi connectivity index (χ0) is 15.7. The molecule has 21 heavy (non-hydrogen) atoms. The third-order valence-electron chi connectivity index (χ3n) is 2.87. The van der Waals surface area contributed by atoms with E-state index >= 15 is 0 Å². The van der Waals surface area contributed by atoms with Crippen molar-refractivity contribution in [3.63, 3.8) is 0 Å². The molecule has 0 unspecified atom stereocenters. The van der Waals surface area contributed by atoms with Crippen LogP contribution in [0, 0.1) is 0 Å². The number of hydrogen-bond acceptors (Lipinski definition) is 3. The average molecular weight is 423 g/mol. The van der Waals surface area contributed by atoms with Crippen LogP contribution < -0.4 is 10.1 Å². The van der Waals surface area contributed by atoms with Crippen molar-refractivity contribution in [2.75, 3.05) is 19.8 Å². The van der Waals surface area contributed by atoms with Crippen LogP contribution in [0.15, 0.2) is 21.1 Å². The average Bonchev–Trinajstić information content (AvgIpc) is 2.41. The van der Waals surface area contributed by atoms with Crippen molar-refractivity contribution < 1.29 is 9.47 Å². The van der Waals surface area contributed by atoms with E-state index in [1.165, 1.54) is 5.56 Å². The number of ether oxygens (including phenoxy) is 2. The maximum atomic E-state index is 5.58. The minimum atomic E-state index is 0.330. The van der Waals surface area contributed by atoms with Gasteiger partial charge in [0.15, 0.2) is 0 Å². The van der Waals surface area contributed by atoms with Crippen molar-refractivity contribution >= 4 is 31.9 Å². The minimum absolute atomic E-state index is 0.330. The first-order chi connectivity index (χ1) is 10.0. The maximum Gasteiger partial charge on any atom is 0.147 e. The Kier molecular flexibility index (Phi) is 9.56. The van der Waals surface area contributed by atoms with Gasteiger partial charge in [-0.1, -0.05) is 0 Å². The third kappa shape index (κ3) is 7.63. The van der Waals surface area contributed by atoms with E-state index in [2.05, 4.69) is 63.2 Å². The van der Waals surface area contributed by atoms with Crippen LogP contribution >= 0.6 is 31.9 Å². The normalized spacial score (nSPS) is 11.1. The zero-order valence-electron chi connectivity index (χ0n) is 13.0. The first-order valence-corrected chi connectivity index (χ1v) is 9.06. The monoisotopic (exact) mass is 421 g/mol. The molecule has 0 fully saturated rings. The Morgan fingerprint density at radius 3 is 2.38 bits per heavy atom. The molecule has 0 saturated carbocycles. The smallest absolute Gasteiger partial charge is 0.147 e. The summed E-state index contributed by atoms with van der Waals surface area (Å²) in [6, 6.07) is 4.20. The molecule has 0 bridgehead atoms. The van der Waals surface area contributed by atoms with E-state index in [1.54, 1.807) is 0 Å². The quantitative estimate of drug-likeness (QED) is 0.543. The van der Waals surface area contributed by atoms with E-state index in [4.69, 9.17) is 9.47 Å². The van der Waals surface area contributed by atoms with Crippen LogP contribution in [0.25, 0.3) is 0 Å². The van der Waals surface area contributed by atoms with Gasteiger partial charge >= 0.3 is 0 Å². The van der Waals surface area contributed by atoms with Gasteiger partial charge in [0.1, 0.15) is 5.75 Å². The summed E-state index contributed by atoms with van der Waals surface area (Å²) in [6.45, 7) is 9.49. The molecule has 1 rings (SSSR count). The Morgan fingerprint density at radius 2 is 1.81 bits per heavy atom. The van der Waals surface area contributed by atoms with Crippen molar-refractivity contribution in [3.8, 4) is 5.75 Å². The van der Waals surface area contributed by atoms with Gasteiger partial charge in [0.2, 0.25) is 0 Å². The van der Waals surface area contributed by atoms with E-state index in [0.717, 1.165) is 47.2 Å². The van der Waals surface area contributed by atoms with Crippen molar-refractivity contribution in [2.24, 2.45) is 0 Å². The molecule has 0 spiro atoms. The van der Waals surface area contributed by atoms with Crippen LogP contribution in [0.1, 0.15) is 39.2 Å². The van der Waals surface area contributed by atoms with Crippen LogP contribution in [-0.2, 0) is 11.3 Å². The zero-order valence-corrected chi connectivity index (χ0v) is 16.2. The molecule has 5 heteroatoms. The molecule has 1 aromatic carbocycles. The van der Waals surface area contributed by atoms with Crippen LogP contribution in [0.3, 0.4) is 0 Å². The van der Waals surface area contributed by atoms with Crippen LogP contribution in [0.5, 0.6) is 5.75 Å². The van der Waals surface area contributed by atoms with Crippen molar-refractivity contribution in [1.82, 2.24) is 5.32 Å². The van der Waals surface area contributed by atoms with Gasteiger partial charge in [-0.3, -0.25) is 0 Å². The second kappa shape index (κ2) is 10.6. The molecule has 0 aliphatic heterocycles. The highest BCUT2D eigenvalue weighted by Gasteiger charge is 2.08. The molecule has 1 N–H and O–H groups in total. The van der Waals surface area contributed by atoms with Crippen molar-refractivity contribution in [1.29, 1.82) is 0 Å². The summed E-state index contributed by atoms with van der Waals surface area (Å²) in [6.07, 6.45) is 2.56. The van der Waals surface area contributed by atoms with Gasteiger partial charge in [-0.15, -0.1) is 0 Å². The minimum Gasteiger partial charge on any atom is -0.492 e. The number of hydrogen-bond donors (Lipinski definition) is 1. The highest BCUT2D eigenvalue weighted by molar-refractivity contribution is 9.11.